The first-order chi connectivity index (χ1) is 14.4. The number of methoxy groups -OCH3 is 1. The third-order valence-electron chi connectivity index (χ3n) is 8.96. The highest BCUT2D eigenvalue weighted by Crippen LogP contribution is 2.64. The average molecular weight is 405 g/mol. The minimum absolute atomic E-state index is 0.140. The maximum atomic E-state index is 11.9. The van der Waals surface area contributed by atoms with Crippen LogP contribution in [0.3, 0.4) is 0 Å². The molecular formula is C27H32O3. The number of hydrogen-bond donors (Lipinski definition) is 1. The summed E-state index contributed by atoms with van der Waals surface area (Å²) in [6.45, 7) is 2.29. The van der Waals surface area contributed by atoms with Crippen molar-refractivity contribution in [2.24, 2.45) is 29.1 Å². The van der Waals surface area contributed by atoms with Gasteiger partial charge in [0.2, 0.25) is 0 Å². The molecule has 3 saturated carbocycles. The molecule has 4 unspecified atom stereocenters. The fourth-order valence-electron chi connectivity index (χ4n) is 7.25. The Morgan fingerprint density at radius 2 is 1.83 bits per heavy atom. The SMILES string of the molecule is COc1ccc(C#C[C@]2(O)CCC3C4CCC5=CC(=O)CCC5C4CC[C@@]32C)cc1. The molecule has 0 saturated heterocycles. The number of carbonyl (C=O) groups is 1. The van der Waals surface area contributed by atoms with Gasteiger partial charge in [-0.2, -0.15) is 0 Å². The molecule has 4 aliphatic rings. The van der Waals surface area contributed by atoms with Crippen LogP contribution in [0.15, 0.2) is 35.9 Å². The van der Waals surface area contributed by atoms with Gasteiger partial charge in [-0.15, -0.1) is 0 Å². The fourth-order valence-corrected chi connectivity index (χ4v) is 7.25. The van der Waals surface area contributed by atoms with Crippen molar-refractivity contribution in [3.05, 3.63) is 41.5 Å². The maximum Gasteiger partial charge on any atom is 0.155 e. The predicted octanol–water partition coefficient (Wildman–Crippen LogP) is 4.92. The lowest BCUT2D eigenvalue weighted by Gasteiger charge is -2.54. The maximum absolute atomic E-state index is 11.9. The van der Waals surface area contributed by atoms with Crippen LogP contribution in [0.2, 0.25) is 0 Å². The zero-order valence-corrected chi connectivity index (χ0v) is 18.1. The molecule has 3 heteroatoms. The topological polar surface area (TPSA) is 46.5 Å². The van der Waals surface area contributed by atoms with Gasteiger partial charge in [0, 0.05) is 17.4 Å². The van der Waals surface area contributed by atoms with E-state index in [4.69, 9.17) is 4.74 Å². The Balaban J connectivity index is 1.39. The summed E-state index contributed by atoms with van der Waals surface area (Å²) in [4.78, 5) is 11.9. The van der Waals surface area contributed by atoms with Crippen LogP contribution in [0.1, 0.15) is 63.9 Å². The highest BCUT2D eigenvalue weighted by molar-refractivity contribution is 5.91. The summed E-state index contributed by atoms with van der Waals surface area (Å²) in [5, 5.41) is 11.7. The average Bonchev–Trinajstić information content (AvgIpc) is 3.03. The fraction of sp³-hybridized carbons (Fsp3) is 0.593. The first kappa shape index (κ1) is 19.9. The van der Waals surface area contributed by atoms with E-state index in [-0.39, 0.29) is 5.41 Å². The molecule has 0 bridgehead atoms. The Morgan fingerprint density at radius 1 is 1.03 bits per heavy atom. The standard InChI is InChI=1S/C27H32O3/c1-26-14-12-23-22-10-6-20(28)17-19(22)5-9-24(23)25(26)13-16-27(26,29)15-11-18-3-7-21(30-2)8-4-18/h3-4,7-8,17,22-25,29H,5-6,9-10,12-14,16H2,1-2H3/t22?,23?,24?,25?,26-,27-/m0/s1. The number of hydrogen-bond acceptors (Lipinski definition) is 3. The molecule has 0 aromatic heterocycles. The second kappa shape index (κ2) is 7.27. The molecule has 1 N–H and O–H groups in total. The predicted molar refractivity (Wildman–Crippen MR) is 117 cm³/mol. The Bertz CT molecular complexity index is 933. The quantitative estimate of drug-likeness (QED) is 0.676. The van der Waals surface area contributed by atoms with Crippen molar-refractivity contribution >= 4 is 5.78 Å². The van der Waals surface area contributed by atoms with E-state index in [9.17, 15) is 9.90 Å². The molecule has 6 atom stereocenters. The molecule has 4 aliphatic carbocycles. The second-order valence-corrected chi connectivity index (χ2v) is 10.1. The third-order valence-corrected chi connectivity index (χ3v) is 8.96. The van der Waals surface area contributed by atoms with E-state index < -0.39 is 5.60 Å². The summed E-state index contributed by atoms with van der Waals surface area (Å²) in [7, 11) is 1.66. The van der Waals surface area contributed by atoms with Crippen LogP contribution in [0.25, 0.3) is 0 Å². The highest BCUT2D eigenvalue weighted by Gasteiger charge is 2.62. The summed E-state index contributed by atoms with van der Waals surface area (Å²) in [5.41, 5.74) is 1.29. The molecule has 30 heavy (non-hydrogen) atoms. The van der Waals surface area contributed by atoms with Gasteiger partial charge >= 0.3 is 0 Å². The van der Waals surface area contributed by atoms with E-state index in [2.05, 4.69) is 18.8 Å². The first-order valence-electron chi connectivity index (χ1n) is 11.6. The van der Waals surface area contributed by atoms with Gasteiger partial charge < -0.3 is 9.84 Å². The summed E-state index contributed by atoms with van der Waals surface area (Å²) in [6, 6.07) is 7.75. The molecule has 3 fully saturated rings. The molecule has 0 radical (unpaired) electrons. The van der Waals surface area contributed by atoms with E-state index in [1.807, 2.05) is 30.3 Å². The van der Waals surface area contributed by atoms with Crippen molar-refractivity contribution in [3.8, 4) is 17.6 Å². The van der Waals surface area contributed by atoms with Crippen LogP contribution in [-0.2, 0) is 4.79 Å². The summed E-state index contributed by atoms with van der Waals surface area (Å²) in [5.74, 6) is 10.2. The lowest BCUT2D eigenvalue weighted by Crippen LogP contribution is -2.52. The van der Waals surface area contributed by atoms with Crippen molar-refractivity contribution in [1.29, 1.82) is 0 Å². The Hall–Kier alpha value is -2.05. The number of benzene rings is 1. The van der Waals surface area contributed by atoms with Gasteiger partial charge in [-0.25, -0.2) is 0 Å². The van der Waals surface area contributed by atoms with E-state index in [1.165, 1.54) is 12.0 Å². The number of carbonyl (C=O) groups excluding carboxylic acids is 1. The number of rotatable bonds is 1. The minimum atomic E-state index is -0.915. The zero-order valence-electron chi connectivity index (χ0n) is 18.1. The number of ketones is 1. The van der Waals surface area contributed by atoms with Crippen molar-refractivity contribution in [1.82, 2.24) is 0 Å². The van der Waals surface area contributed by atoms with Gasteiger partial charge in [0.25, 0.3) is 0 Å². The van der Waals surface area contributed by atoms with Gasteiger partial charge in [0.05, 0.1) is 7.11 Å². The lowest BCUT2D eigenvalue weighted by molar-refractivity contribution is -0.116. The lowest BCUT2D eigenvalue weighted by atomic mass is 9.50. The molecule has 0 spiro atoms. The van der Waals surface area contributed by atoms with Crippen LogP contribution in [0.4, 0.5) is 0 Å². The van der Waals surface area contributed by atoms with Crippen LogP contribution < -0.4 is 4.74 Å². The molecular weight excluding hydrogens is 372 g/mol. The highest BCUT2D eigenvalue weighted by atomic mass is 16.5. The smallest absolute Gasteiger partial charge is 0.155 e. The summed E-state index contributed by atoms with van der Waals surface area (Å²) >= 11 is 0. The Morgan fingerprint density at radius 3 is 2.60 bits per heavy atom. The van der Waals surface area contributed by atoms with Gasteiger partial charge in [0.1, 0.15) is 11.4 Å². The zero-order chi connectivity index (χ0) is 20.9. The third kappa shape index (κ3) is 3.04. The molecule has 1 aromatic rings. The van der Waals surface area contributed by atoms with Gasteiger partial charge in [-0.1, -0.05) is 24.3 Å². The van der Waals surface area contributed by atoms with Crippen LogP contribution in [0, 0.1) is 40.9 Å². The van der Waals surface area contributed by atoms with Crippen molar-refractivity contribution in [2.45, 2.75) is 63.9 Å². The monoisotopic (exact) mass is 404 g/mol. The van der Waals surface area contributed by atoms with Gasteiger partial charge in [-0.05, 0) is 99.0 Å². The van der Waals surface area contributed by atoms with Crippen LogP contribution in [-0.4, -0.2) is 23.6 Å². The van der Waals surface area contributed by atoms with E-state index in [1.54, 1.807) is 7.11 Å². The number of ether oxygens (including phenoxy) is 1. The largest absolute Gasteiger partial charge is 0.497 e. The number of aliphatic hydroxyl groups is 1. The van der Waals surface area contributed by atoms with Crippen LogP contribution in [0.5, 0.6) is 5.75 Å². The van der Waals surface area contributed by atoms with Crippen molar-refractivity contribution in [2.75, 3.05) is 7.11 Å². The Kier molecular flexibility index (Phi) is 4.82. The molecule has 5 rings (SSSR count). The molecule has 3 nitrogen and oxygen atoms in total. The van der Waals surface area contributed by atoms with Gasteiger partial charge in [0.15, 0.2) is 5.78 Å². The minimum Gasteiger partial charge on any atom is -0.497 e. The van der Waals surface area contributed by atoms with E-state index >= 15 is 0 Å². The molecule has 0 aliphatic heterocycles. The number of allylic oxidation sites excluding steroid dienone is 1. The molecule has 0 heterocycles. The summed E-state index contributed by atoms with van der Waals surface area (Å²) in [6.07, 6.45) is 9.98. The normalized spacial score (nSPS) is 39.7. The van der Waals surface area contributed by atoms with Crippen molar-refractivity contribution < 1.29 is 14.6 Å². The van der Waals surface area contributed by atoms with Crippen molar-refractivity contribution in [3.63, 3.8) is 0 Å². The molecule has 1 aromatic carbocycles. The van der Waals surface area contributed by atoms with Gasteiger partial charge in [-0.3, -0.25) is 4.79 Å². The molecule has 0 amide bonds. The number of fused-ring (bicyclic) bond motifs is 5. The second-order valence-electron chi connectivity index (χ2n) is 10.1. The van der Waals surface area contributed by atoms with Crippen LogP contribution >= 0.6 is 0 Å². The van der Waals surface area contributed by atoms with E-state index in [0.29, 0.717) is 29.5 Å². The first-order valence-corrected chi connectivity index (χ1v) is 11.6. The van der Waals surface area contributed by atoms with E-state index in [0.717, 1.165) is 56.3 Å². The molecule has 158 valence electrons. The summed E-state index contributed by atoms with van der Waals surface area (Å²) < 4.78 is 5.23. The Labute approximate surface area is 179 Å².